The molecule has 0 N–H and O–H groups in total. The molecular formula is C21H32ClN3O. The van der Waals surface area contributed by atoms with Crippen molar-refractivity contribution in [2.45, 2.75) is 38.1 Å². The number of piperazine rings is 1. The number of hydrogen-bond acceptors (Lipinski definition) is 3. The first-order valence-electron chi connectivity index (χ1n) is 9.76. The second-order valence-electron chi connectivity index (χ2n) is 8.48. The highest BCUT2D eigenvalue weighted by molar-refractivity contribution is 6.30. The van der Waals surface area contributed by atoms with Crippen molar-refractivity contribution in [1.82, 2.24) is 14.7 Å². The van der Waals surface area contributed by atoms with Crippen molar-refractivity contribution in [3.05, 3.63) is 34.9 Å². The van der Waals surface area contributed by atoms with E-state index in [0.29, 0.717) is 5.02 Å². The van der Waals surface area contributed by atoms with Gasteiger partial charge in [-0.25, -0.2) is 0 Å². The molecule has 1 atom stereocenters. The maximum Gasteiger partial charge on any atom is 0.230 e. The Labute approximate surface area is 163 Å². The Balaban J connectivity index is 1.71. The van der Waals surface area contributed by atoms with E-state index in [4.69, 9.17) is 11.6 Å². The molecule has 2 fully saturated rings. The molecule has 2 aliphatic heterocycles. The van der Waals surface area contributed by atoms with Crippen LogP contribution in [-0.4, -0.2) is 73.0 Å². The lowest BCUT2D eigenvalue weighted by Gasteiger charge is -2.52. The Morgan fingerprint density at radius 1 is 1.04 bits per heavy atom. The van der Waals surface area contributed by atoms with Crippen molar-refractivity contribution in [2.75, 3.05) is 46.8 Å². The average molecular weight is 378 g/mol. The summed E-state index contributed by atoms with van der Waals surface area (Å²) in [5.41, 5.74) is 1.31. The van der Waals surface area contributed by atoms with E-state index in [9.17, 15) is 4.79 Å². The summed E-state index contributed by atoms with van der Waals surface area (Å²) in [4.78, 5) is 20.4. The fraction of sp³-hybridized carbons (Fsp3) is 0.667. The number of nitrogens with zero attached hydrogens (tertiary/aromatic N) is 3. The molecule has 1 aromatic carbocycles. The molecule has 4 nitrogen and oxygen atoms in total. The van der Waals surface area contributed by atoms with Gasteiger partial charge in [0.1, 0.15) is 0 Å². The minimum Gasteiger partial charge on any atom is -0.342 e. The first kappa shape index (κ1) is 19.7. The summed E-state index contributed by atoms with van der Waals surface area (Å²) >= 11 is 6.03. The van der Waals surface area contributed by atoms with Gasteiger partial charge in [-0.1, -0.05) is 37.6 Å². The molecule has 2 aliphatic rings. The number of halogens is 1. The van der Waals surface area contributed by atoms with Gasteiger partial charge in [0.05, 0.1) is 5.92 Å². The van der Waals surface area contributed by atoms with Gasteiger partial charge in [0.25, 0.3) is 0 Å². The van der Waals surface area contributed by atoms with Crippen LogP contribution < -0.4 is 0 Å². The van der Waals surface area contributed by atoms with Crippen LogP contribution in [-0.2, 0) is 4.79 Å². The molecule has 0 aromatic heterocycles. The van der Waals surface area contributed by atoms with Crippen LogP contribution in [0.15, 0.2) is 24.3 Å². The smallest absolute Gasteiger partial charge is 0.230 e. The topological polar surface area (TPSA) is 26.8 Å². The summed E-state index contributed by atoms with van der Waals surface area (Å²) in [6.07, 6.45) is 2.12. The van der Waals surface area contributed by atoms with Crippen molar-refractivity contribution in [3.63, 3.8) is 0 Å². The average Bonchev–Trinajstić information content (AvgIpc) is 2.61. The van der Waals surface area contributed by atoms with E-state index in [0.717, 1.165) is 51.1 Å². The summed E-state index contributed by atoms with van der Waals surface area (Å²) in [5.74, 6) is 0.445. The lowest BCUT2D eigenvalue weighted by atomic mass is 9.82. The van der Waals surface area contributed by atoms with E-state index in [1.54, 1.807) is 0 Å². The maximum absolute atomic E-state index is 13.3. The number of benzene rings is 1. The summed E-state index contributed by atoms with van der Waals surface area (Å²) in [5, 5.41) is 0.716. The number of likely N-dealkylation sites (N-methyl/N-ethyl adjacent to an activating group) is 2. The van der Waals surface area contributed by atoms with Crippen LogP contribution in [0.5, 0.6) is 0 Å². The summed E-state index contributed by atoms with van der Waals surface area (Å²) < 4.78 is 0. The highest BCUT2D eigenvalue weighted by atomic mass is 35.5. The molecule has 1 aromatic rings. The molecule has 2 saturated heterocycles. The molecule has 0 saturated carbocycles. The van der Waals surface area contributed by atoms with Crippen LogP contribution in [0.3, 0.4) is 0 Å². The summed E-state index contributed by atoms with van der Waals surface area (Å²) in [6, 6.07) is 7.77. The van der Waals surface area contributed by atoms with Crippen LogP contribution in [0.2, 0.25) is 5.02 Å². The monoisotopic (exact) mass is 377 g/mol. The van der Waals surface area contributed by atoms with Gasteiger partial charge in [0, 0.05) is 43.3 Å². The molecule has 144 valence electrons. The fourth-order valence-corrected chi connectivity index (χ4v) is 4.75. The van der Waals surface area contributed by atoms with Crippen LogP contribution in [0.1, 0.15) is 38.2 Å². The molecule has 0 radical (unpaired) electrons. The largest absolute Gasteiger partial charge is 0.342 e. The second kappa shape index (κ2) is 7.87. The highest BCUT2D eigenvalue weighted by Crippen LogP contribution is 2.34. The summed E-state index contributed by atoms with van der Waals surface area (Å²) in [6.45, 7) is 9.33. The molecule has 0 aliphatic carbocycles. The van der Waals surface area contributed by atoms with E-state index in [1.807, 2.05) is 24.3 Å². The summed E-state index contributed by atoms with van der Waals surface area (Å²) in [7, 11) is 4.46. The molecule has 0 bridgehead atoms. The van der Waals surface area contributed by atoms with Crippen LogP contribution in [0.4, 0.5) is 0 Å². The Bertz CT molecular complexity index is 623. The van der Waals surface area contributed by atoms with Crippen molar-refractivity contribution in [1.29, 1.82) is 0 Å². The van der Waals surface area contributed by atoms with Gasteiger partial charge >= 0.3 is 0 Å². The van der Waals surface area contributed by atoms with E-state index in [2.05, 4.69) is 42.6 Å². The number of likely N-dealkylation sites (tertiary alicyclic amines) is 1. The van der Waals surface area contributed by atoms with Crippen molar-refractivity contribution >= 4 is 17.5 Å². The fourth-order valence-electron chi connectivity index (χ4n) is 4.62. The SMILES string of the molecule is CC(C)[C@H](C(=O)N1CCC2(CC1)CN(C)CCN2C)c1ccc(Cl)cc1. The van der Waals surface area contributed by atoms with Crippen molar-refractivity contribution in [2.24, 2.45) is 5.92 Å². The number of carbonyl (C=O) groups is 1. The highest BCUT2D eigenvalue weighted by Gasteiger charge is 2.43. The Hall–Kier alpha value is -1.10. The van der Waals surface area contributed by atoms with Crippen LogP contribution in [0, 0.1) is 5.92 Å². The van der Waals surface area contributed by atoms with E-state index >= 15 is 0 Å². The van der Waals surface area contributed by atoms with Gasteiger partial charge in [0.15, 0.2) is 0 Å². The minimum atomic E-state index is -0.0897. The predicted octanol–water partition coefficient (Wildman–Crippen LogP) is 3.32. The number of amides is 1. The maximum atomic E-state index is 13.3. The third kappa shape index (κ3) is 3.92. The van der Waals surface area contributed by atoms with Gasteiger partial charge in [-0.2, -0.15) is 0 Å². The first-order chi connectivity index (χ1) is 12.3. The predicted molar refractivity (Wildman–Crippen MR) is 108 cm³/mol. The zero-order chi connectivity index (χ0) is 18.9. The third-order valence-electron chi connectivity index (χ3n) is 6.36. The lowest BCUT2D eigenvalue weighted by molar-refractivity contribution is -0.137. The molecule has 5 heteroatoms. The van der Waals surface area contributed by atoms with E-state index in [-0.39, 0.29) is 23.3 Å². The Morgan fingerprint density at radius 2 is 1.65 bits per heavy atom. The molecule has 1 spiro atoms. The van der Waals surface area contributed by atoms with E-state index in [1.165, 1.54) is 0 Å². The molecular weight excluding hydrogens is 346 g/mol. The molecule has 1 amide bonds. The lowest BCUT2D eigenvalue weighted by Crippen LogP contribution is -2.64. The van der Waals surface area contributed by atoms with Gasteiger partial charge in [0.2, 0.25) is 5.91 Å². The van der Waals surface area contributed by atoms with E-state index < -0.39 is 0 Å². The Kier molecular flexibility index (Phi) is 5.95. The van der Waals surface area contributed by atoms with Crippen LogP contribution in [0.25, 0.3) is 0 Å². The number of rotatable bonds is 3. The zero-order valence-corrected chi connectivity index (χ0v) is 17.3. The van der Waals surface area contributed by atoms with Gasteiger partial charge in [-0.15, -0.1) is 0 Å². The zero-order valence-electron chi connectivity index (χ0n) is 16.5. The number of carbonyl (C=O) groups excluding carboxylic acids is 1. The molecule has 3 rings (SSSR count). The number of hydrogen-bond donors (Lipinski definition) is 0. The van der Waals surface area contributed by atoms with Gasteiger partial charge in [-0.3, -0.25) is 9.69 Å². The minimum absolute atomic E-state index is 0.0897. The standard InChI is InChI=1S/C21H32ClN3O/c1-16(2)19(17-5-7-18(22)8-6-17)20(26)25-11-9-21(10-12-25)15-23(3)13-14-24(21)4/h5-8,16,19H,9-15H2,1-4H3/t19-/m0/s1. The normalized spacial score (nSPS) is 22.8. The third-order valence-corrected chi connectivity index (χ3v) is 6.61. The Morgan fingerprint density at radius 3 is 2.23 bits per heavy atom. The number of piperidine rings is 1. The van der Waals surface area contributed by atoms with Crippen LogP contribution >= 0.6 is 11.6 Å². The molecule has 2 heterocycles. The second-order valence-corrected chi connectivity index (χ2v) is 8.92. The molecule has 0 unspecified atom stereocenters. The molecule has 26 heavy (non-hydrogen) atoms. The van der Waals surface area contributed by atoms with Gasteiger partial charge in [-0.05, 0) is 50.6 Å². The first-order valence-corrected chi connectivity index (χ1v) is 10.1. The van der Waals surface area contributed by atoms with Crippen molar-refractivity contribution in [3.8, 4) is 0 Å². The quantitative estimate of drug-likeness (QED) is 0.808. The van der Waals surface area contributed by atoms with Gasteiger partial charge < -0.3 is 9.80 Å². The van der Waals surface area contributed by atoms with Crippen molar-refractivity contribution < 1.29 is 4.79 Å².